The van der Waals surface area contributed by atoms with Gasteiger partial charge in [0.2, 0.25) is 0 Å². The number of nitrogens with zero attached hydrogens (tertiary/aromatic N) is 4. The van der Waals surface area contributed by atoms with Crippen molar-refractivity contribution in [3.8, 4) is 0 Å². The lowest BCUT2D eigenvalue weighted by atomic mass is 10.1. The summed E-state index contributed by atoms with van der Waals surface area (Å²) >= 11 is 0. The summed E-state index contributed by atoms with van der Waals surface area (Å²) in [5.41, 5.74) is 2.17. The second-order valence-corrected chi connectivity index (χ2v) is 4.15. The number of oxime groups is 1. The Morgan fingerprint density at radius 3 is 2.75 bits per heavy atom. The standard InChI is InChI=1S/C11H18N4O/c1-2-15-9-10(7-12-15)8-14-5-3-11(13-16)4-6-14/h7,9,16H,2-6,8H2,1H3. The van der Waals surface area contributed by atoms with E-state index in [1.165, 1.54) is 5.56 Å². The number of aromatic nitrogens is 2. The Morgan fingerprint density at radius 1 is 1.44 bits per heavy atom. The summed E-state index contributed by atoms with van der Waals surface area (Å²) < 4.78 is 1.94. The van der Waals surface area contributed by atoms with E-state index in [1.54, 1.807) is 0 Å². The van der Waals surface area contributed by atoms with E-state index in [1.807, 2.05) is 10.9 Å². The quantitative estimate of drug-likeness (QED) is 0.620. The fourth-order valence-electron chi connectivity index (χ4n) is 1.99. The maximum atomic E-state index is 8.66. The van der Waals surface area contributed by atoms with Gasteiger partial charge in [-0.25, -0.2) is 0 Å². The van der Waals surface area contributed by atoms with E-state index in [9.17, 15) is 0 Å². The highest BCUT2D eigenvalue weighted by atomic mass is 16.4. The topological polar surface area (TPSA) is 53.7 Å². The Kier molecular flexibility index (Phi) is 3.56. The molecule has 1 aromatic heterocycles. The average molecular weight is 222 g/mol. The SMILES string of the molecule is CCn1cc(CN2CCC(=NO)CC2)cn1. The molecule has 5 nitrogen and oxygen atoms in total. The molecule has 0 amide bonds. The van der Waals surface area contributed by atoms with Crippen molar-refractivity contribution in [3.63, 3.8) is 0 Å². The number of hydrogen-bond donors (Lipinski definition) is 1. The van der Waals surface area contributed by atoms with Crippen molar-refractivity contribution in [2.75, 3.05) is 13.1 Å². The molecule has 1 N–H and O–H groups in total. The number of likely N-dealkylation sites (tertiary alicyclic amines) is 1. The van der Waals surface area contributed by atoms with Gasteiger partial charge in [0.1, 0.15) is 0 Å². The first kappa shape index (κ1) is 11.1. The normalized spacial score (nSPS) is 17.7. The summed E-state index contributed by atoms with van der Waals surface area (Å²) in [6.45, 7) is 5.88. The zero-order chi connectivity index (χ0) is 11.4. The summed E-state index contributed by atoms with van der Waals surface area (Å²) in [5, 5.41) is 16.2. The molecule has 0 atom stereocenters. The van der Waals surface area contributed by atoms with Crippen LogP contribution in [0, 0.1) is 0 Å². The average Bonchev–Trinajstić information content (AvgIpc) is 2.78. The zero-order valence-corrected chi connectivity index (χ0v) is 9.63. The molecule has 0 unspecified atom stereocenters. The number of aryl methyl sites for hydroxylation is 1. The molecule has 88 valence electrons. The summed E-state index contributed by atoms with van der Waals surface area (Å²) in [7, 11) is 0. The lowest BCUT2D eigenvalue weighted by molar-refractivity contribution is 0.256. The van der Waals surface area contributed by atoms with Crippen LogP contribution in [-0.2, 0) is 13.1 Å². The van der Waals surface area contributed by atoms with Gasteiger partial charge in [0.25, 0.3) is 0 Å². The zero-order valence-electron chi connectivity index (χ0n) is 9.63. The Morgan fingerprint density at radius 2 is 2.19 bits per heavy atom. The number of piperidine rings is 1. The number of hydrogen-bond acceptors (Lipinski definition) is 4. The van der Waals surface area contributed by atoms with E-state index in [-0.39, 0.29) is 0 Å². The summed E-state index contributed by atoms with van der Waals surface area (Å²) in [6, 6.07) is 0. The Labute approximate surface area is 95.4 Å². The van der Waals surface area contributed by atoms with E-state index in [2.05, 4.69) is 28.3 Å². The minimum atomic E-state index is 0.873. The van der Waals surface area contributed by atoms with E-state index >= 15 is 0 Å². The van der Waals surface area contributed by atoms with Crippen molar-refractivity contribution in [2.45, 2.75) is 32.9 Å². The molecule has 1 aromatic rings. The fourth-order valence-corrected chi connectivity index (χ4v) is 1.99. The van der Waals surface area contributed by atoms with E-state index in [0.717, 1.165) is 44.7 Å². The van der Waals surface area contributed by atoms with Crippen LogP contribution in [0.5, 0.6) is 0 Å². The fraction of sp³-hybridized carbons (Fsp3) is 0.636. The van der Waals surface area contributed by atoms with Gasteiger partial charge in [-0.05, 0) is 6.92 Å². The lowest BCUT2D eigenvalue weighted by Crippen LogP contribution is -2.33. The third kappa shape index (κ3) is 2.61. The predicted molar refractivity (Wildman–Crippen MR) is 61.6 cm³/mol. The van der Waals surface area contributed by atoms with E-state index in [4.69, 9.17) is 5.21 Å². The van der Waals surface area contributed by atoms with Crippen LogP contribution >= 0.6 is 0 Å². The minimum absolute atomic E-state index is 0.873. The number of rotatable bonds is 3. The first-order valence-electron chi connectivity index (χ1n) is 5.75. The van der Waals surface area contributed by atoms with Crippen LogP contribution in [0.4, 0.5) is 0 Å². The van der Waals surface area contributed by atoms with Crippen molar-refractivity contribution in [1.29, 1.82) is 0 Å². The lowest BCUT2D eigenvalue weighted by Gasteiger charge is -2.26. The van der Waals surface area contributed by atoms with Gasteiger partial charge < -0.3 is 5.21 Å². The van der Waals surface area contributed by atoms with Gasteiger partial charge >= 0.3 is 0 Å². The smallest absolute Gasteiger partial charge is 0.0596 e. The third-order valence-corrected chi connectivity index (χ3v) is 2.99. The van der Waals surface area contributed by atoms with Crippen LogP contribution < -0.4 is 0 Å². The van der Waals surface area contributed by atoms with Crippen LogP contribution in [-0.4, -0.2) is 38.7 Å². The summed E-state index contributed by atoms with van der Waals surface area (Å²) in [4.78, 5) is 2.37. The van der Waals surface area contributed by atoms with Crippen molar-refractivity contribution in [1.82, 2.24) is 14.7 Å². The molecule has 1 aliphatic heterocycles. The van der Waals surface area contributed by atoms with E-state index < -0.39 is 0 Å². The van der Waals surface area contributed by atoms with Gasteiger partial charge in [-0.3, -0.25) is 9.58 Å². The van der Waals surface area contributed by atoms with Gasteiger partial charge in [0, 0.05) is 50.8 Å². The van der Waals surface area contributed by atoms with Crippen molar-refractivity contribution < 1.29 is 5.21 Å². The van der Waals surface area contributed by atoms with Crippen molar-refractivity contribution in [3.05, 3.63) is 18.0 Å². The maximum absolute atomic E-state index is 8.66. The highest BCUT2D eigenvalue weighted by Gasteiger charge is 2.15. The molecule has 0 radical (unpaired) electrons. The van der Waals surface area contributed by atoms with Gasteiger partial charge in [0.05, 0.1) is 11.9 Å². The molecule has 5 heteroatoms. The molecular weight excluding hydrogens is 204 g/mol. The maximum Gasteiger partial charge on any atom is 0.0596 e. The largest absolute Gasteiger partial charge is 0.411 e. The molecule has 1 fully saturated rings. The van der Waals surface area contributed by atoms with Gasteiger partial charge in [-0.1, -0.05) is 5.16 Å². The molecule has 1 saturated heterocycles. The van der Waals surface area contributed by atoms with Gasteiger partial charge in [-0.2, -0.15) is 5.10 Å². The predicted octanol–water partition coefficient (Wildman–Crippen LogP) is 1.33. The van der Waals surface area contributed by atoms with Gasteiger partial charge in [-0.15, -0.1) is 0 Å². The third-order valence-electron chi connectivity index (χ3n) is 2.99. The van der Waals surface area contributed by atoms with Crippen LogP contribution in [0.25, 0.3) is 0 Å². The first-order valence-corrected chi connectivity index (χ1v) is 5.75. The molecule has 0 saturated carbocycles. The Balaban J connectivity index is 1.86. The molecule has 1 aliphatic rings. The molecule has 16 heavy (non-hydrogen) atoms. The molecule has 2 rings (SSSR count). The Hall–Kier alpha value is -1.36. The first-order chi connectivity index (χ1) is 7.81. The molecule has 0 aromatic carbocycles. The second kappa shape index (κ2) is 5.12. The highest BCUT2D eigenvalue weighted by Crippen LogP contribution is 2.11. The summed E-state index contributed by atoms with van der Waals surface area (Å²) in [6.07, 6.45) is 5.77. The van der Waals surface area contributed by atoms with Crippen molar-refractivity contribution >= 4 is 5.71 Å². The van der Waals surface area contributed by atoms with Gasteiger partial charge in [0.15, 0.2) is 0 Å². The van der Waals surface area contributed by atoms with E-state index in [0.29, 0.717) is 0 Å². The van der Waals surface area contributed by atoms with Crippen LogP contribution in [0.2, 0.25) is 0 Å². The molecular formula is C11H18N4O. The van der Waals surface area contributed by atoms with Crippen LogP contribution in [0.3, 0.4) is 0 Å². The van der Waals surface area contributed by atoms with Crippen LogP contribution in [0.15, 0.2) is 17.5 Å². The second-order valence-electron chi connectivity index (χ2n) is 4.15. The monoisotopic (exact) mass is 222 g/mol. The highest BCUT2D eigenvalue weighted by molar-refractivity contribution is 5.84. The molecule has 2 heterocycles. The minimum Gasteiger partial charge on any atom is -0.411 e. The Bertz CT molecular complexity index is 362. The molecule has 0 spiro atoms. The molecule has 0 bridgehead atoms. The van der Waals surface area contributed by atoms with Crippen molar-refractivity contribution in [2.24, 2.45) is 5.16 Å². The van der Waals surface area contributed by atoms with Crippen LogP contribution in [0.1, 0.15) is 25.3 Å². The molecule has 0 aliphatic carbocycles. The summed E-state index contributed by atoms with van der Waals surface area (Å²) in [5.74, 6) is 0.